The lowest BCUT2D eigenvalue weighted by molar-refractivity contribution is 0.162. The number of aliphatic hydroxyl groups excluding tert-OH is 1. The fourth-order valence-electron chi connectivity index (χ4n) is 1.05. The highest BCUT2D eigenvalue weighted by Gasteiger charge is 1.86. The van der Waals surface area contributed by atoms with Gasteiger partial charge >= 0.3 is 0 Å². The van der Waals surface area contributed by atoms with Crippen LogP contribution < -0.4 is 0 Å². The van der Waals surface area contributed by atoms with Crippen molar-refractivity contribution >= 4 is 0 Å². The molecule has 2 nitrogen and oxygen atoms in total. The van der Waals surface area contributed by atoms with Crippen LogP contribution in [0.5, 0.6) is 0 Å². The van der Waals surface area contributed by atoms with Crippen LogP contribution in [-0.2, 0) is 4.74 Å². The monoisotopic (exact) mass is 228 g/mol. The lowest BCUT2D eigenvalue weighted by atomic mass is 10.1. The lowest BCUT2D eigenvalue weighted by Crippen LogP contribution is -1.84. The van der Waals surface area contributed by atoms with Gasteiger partial charge in [-0.15, -0.1) is 0 Å². The van der Waals surface area contributed by atoms with E-state index in [1.165, 1.54) is 11.1 Å². The standard InChI is InChI=1S/C10H18O.C4H10O/c1-9(2)5-4-6-10(3)7-8-11;1-3-5-4-2/h5,7,11H,4,6,8H2,1-3H3;3-4H2,1-2H3/b10-7+;. The molecule has 0 aromatic carbocycles. The van der Waals surface area contributed by atoms with Crippen molar-refractivity contribution in [3.8, 4) is 0 Å². The normalized spacial score (nSPS) is 10.5. The molecule has 0 fully saturated rings. The first kappa shape index (κ1) is 17.8. The van der Waals surface area contributed by atoms with Crippen LogP contribution in [-0.4, -0.2) is 24.9 Å². The molecule has 0 aliphatic rings. The molecule has 0 spiro atoms. The van der Waals surface area contributed by atoms with E-state index in [4.69, 9.17) is 9.84 Å². The first-order valence-electron chi connectivity index (χ1n) is 6.06. The molecule has 96 valence electrons. The smallest absolute Gasteiger partial charge is 0.0614 e. The highest BCUT2D eigenvalue weighted by atomic mass is 16.5. The van der Waals surface area contributed by atoms with Crippen molar-refractivity contribution in [2.75, 3.05) is 19.8 Å². The molecule has 0 atom stereocenters. The Morgan fingerprint density at radius 3 is 1.94 bits per heavy atom. The largest absolute Gasteiger partial charge is 0.392 e. The van der Waals surface area contributed by atoms with Gasteiger partial charge in [-0.3, -0.25) is 0 Å². The minimum absolute atomic E-state index is 0.167. The maximum atomic E-state index is 8.55. The Morgan fingerprint density at radius 2 is 1.62 bits per heavy atom. The molecule has 0 aromatic heterocycles. The zero-order valence-corrected chi connectivity index (χ0v) is 11.5. The van der Waals surface area contributed by atoms with Crippen molar-refractivity contribution < 1.29 is 9.84 Å². The Balaban J connectivity index is 0. The van der Waals surface area contributed by atoms with E-state index < -0.39 is 0 Å². The molecule has 0 aliphatic heterocycles. The van der Waals surface area contributed by atoms with Gasteiger partial charge in [-0.1, -0.05) is 23.3 Å². The topological polar surface area (TPSA) is 29.5 Å². The van der Waals surface area contributed by atoms with Crippen LogP contribution in [0.15, 0.2) is 23.3 Å². The lowest BCUT2D eigenvalue weighted by Gasteiger charge is -1.96. The van der Waals surface area contributed by atoms with Crippen LogP contribution in [0.2, 0.25) is 0 Å². The Hall–Kier alpha value is -0.600. The van der Waals surface area contributed by atoms with Crippen LogP contribution in [0, 0.1) is 0 Å². The SMILES string of the molecule is CC(C)=CCC/C(C)=C/CO.CCOCC. The van der Waals surface area contributed by atoms with Gasteiger partial charge in [-0.05, 0) is 47.5 Å². The summed E-state index contributed by atoms with van der Waals surface area (Å²) in [6.45, 7) is 12.1. The molecular weight excluding hydrogens is 200 g/mol. The molecule has 0 saturated carbocycles. The van der Waals surface area contributed by atoms with E-state index in [1.54, 1.807) is 0 Å². The minimum Gasteiger partial charge on any atom is -0.392 e. The predicted molar refractivity (Wildman–Crippen MR) is 71.7 cm³/mol. The Bertz CT molecular complexity index is 187. The van der Waals surface area contributed by atoms with Gasteiger partial charge in [0, 0.05) is 13.2 Å². The van der Waals surface area contributed by atoms with E-state index in [9.17, 15) is 0 Å². The van der Waals surface area contributed by atoms with E-state index >= 15 is 0 Å². The molecule has 0 aliphatic carbocycles. The van der Waals surface area contributed by atoms with Gasteiger partial charge in [0.25, 0.3) is 0 Å². The zero-order chi connectivity index (χ0) is 12.8. The van der Waals surface area contributed by atoms with Gasteiger partial charge in [0.05, 0.1) is 6.61 Å². The summed E-state index contributed by atoms with van der Waals surface area (Å²) in [7, 11) is 0. The molecule has 0 bridgehead atoms. The number of ether oxygens (including phenoxy) is 1. The second-order valence-corrected chi connectivity index (χ2v) is 3.83. The van der Waals surface area contributed by atoms with Gasteiger partial charge in [-0.25, -0.2) is 0 Å². The summed E-state index contributed by atoms with van der Waals surface area (Å²) in [6, 6.07) is 0. The maximum Gasteiger partial charge on any atom is 0.0614 e. The molecule has 0 rings (SSSR count). The summed E-state index contributed by atoms with van der Waals surface area (Å²) in [5.74, 6) is 0. The third-order valence-electron chi connectivity index (χ3n) is 1.94. The first-order chi connectivity index (χ1) is 7.58. The third kappa shape index (κ3) is 19.0. The summed E-state index contributed by atoms with van der Waals surface area (Å²) in [5.41, 5.74) is 2.63. The van der Waals surface area contributed by atoms with Gasteiger partial charge < -0.3 is 9.84 Å². The summed E-state index contributed by atoms with van der Waals surface area (Å²) >= 11 is 0. The molecule has 2 heteroatoms. The van der Waals surface area contributed by atoms with Crippen molar-refractivity contribution in [1.82, 2.24) is 0 Å². The van der Waals surface area contributed by atoms with Crippen molar-refractivity contribution in [3.63, 3.8) is 0 Å². The quantitative estimate of drug-likeness (QED) is 0.702. The van der Waals surface area contributed by atoms with Crippen LogP contribution in [0.25, 0.3) is 0 Å². The van der Waals surface area contributed by atoms with Crippen molar-refractivity contribution in [1.29, 1.82) is 0 Å². The van der Waals surface area contributed by atoms with E-state index in [-0.39, 0.29) is 6.61 Å². The minimum atomic E-state index is 0.167. The van der Waals surface area contributed by atoms with Crippen molar-refractivity contribution in [2.24, 2.45) is 0 Å². The molecule has 0 aromatic rings. The van der Waals surface area contributed by atoms with Gasteiger partial charge in [0.15, 0.2) is 0 Å². The first-order valence-corrected chi connectivity index (χ1v) is 6.06. The van der Waals surface area contributed by atoms with E-state index in [2.05, 4.69) is 26.8 Å². The Labute approximate surface area is 101 Å². The number of allylic oxidation sites excluding steroid dienone is 3. The maximum absolute atomic E-state index is 8.55. The summed E-state index contributed by atoms with van der Waals surface area (Å²) in [4.78, 5) is 0. The fourth-order valence-corrected chi connectivity index (χ4v) is 1.05. The molecule has 0 unspecified atom stereocenters. The Morgan fingerprint density at radius 1 is 1.06 bits per heavy atom. The molecule has 0 heterocycles. The highest BCUT2D eigenvalue weighted by molar-refractivity contribution is 5.01. The Kier molecular flexibility index (Phi) is 16.0. The van der Waals surface area contributed by atoms with Crippen LogP contribution >= 0.6 is 0 Å². The molecule has 0 radical (unpaired) electrons. The number of rotatable bonds is 6. The van der Waals surface area contributed by atoms with E-state index in [0.717, 1.165) is 26.1 Å². The molecule has 1 N–H and O–H groups in total. The second kappa shape index (κ2) is 14.4. The molecule has 16 heavy (non-hydrogen) atoms. The molecule has 0 saturated heterocycles. The van der Waals surface area contributed by atoms with E-state index in [1.807, 2.05) is 19.9 Å². The number of aliphatic hydroxyl groups is 1. The summed E-state index contributed by atoms with van der Waals surface area (Å²) in [5, 5.41) is 8.55. The summed E-state index contributed by atoms with van der Waals surface area (Å²) in [6.07, 6.45) is 6.23. The van der Waals surface area contributed by atoms with E-state index in [0.29, 0.717) is 0 Å². The van der Waals surface area contributed by atoms with Crippen LogP contribution in [0.3, 0.4) is 0 Å². The van der Waals surface area contributed by atoms with Crippen LogP contribution in [0.1, 0.15) is 47.5 Å². The second-order valence-electron chi connectivity index (χ2n) is 3.83. The predicted octanol–water partition coefficient (Wildman–Crippen LogP) is 3.71. The van der Waals surface area contributed by atoms with Crippen molar-refractivity contribution in [2.45, 2.75) is 47.5 Å². The van der Waals surface area contributed by atoms with Crippen LogP contribution in [0.4, 0.5) is 0 Å². The highest BCUT2D eigenvalue weighted by Crippen LogP contribution is 2.05. The average molecular weight is 228 g/mol. The van der Waals surface area contributed by atoms with Crippen molar-refractivity contribution in [3.05, 3.63) is 23.3 Å². The fraction of sp³-hybridized carbons (Fsp3) is 0.714. The zero-order valence-electron chi connectivity index (χ0n) is 11.5. The number of hydrogen-bond donors (Lipinski definition) is 1. The van der Waals surface area contributed by atoms with Gasteiger partial charge in [0.2, 0.25) is 0 Å². The number of hydrogen-bond acceptors (Lipinski definition) is 2. The van der Waals surface area contributed by atoms with Gasteiger partial charge in [-0.2, -0.15) is 0 Å². The van der Waals surface area contributed by atoms with Gasteiger partial charge in [0.1, 0.15) is 0 Å². The molecule has 0 amide bonds. The molecular formula is C14H28O2. The average Bonchev–Trinajstić information content (AvgIpc) is 2.19. The summed E-state index contributed by atoms with van der Waals surface area (Å²) < 4.78 is 4.83. The third-order valence-corrected chi connectivity index (χ3v) is 1.94.